The highest BCUT2D eigenvalue weighted by Crippen LogP contribution is 2.21. The van der Waals surface area contributed by atoms with Crippen LogP contribution in [0.2, 0.25) is 0 Å². The molecule has 0 atom stereocenters. The van der Waals surface area contributed by atoms with Crippen LogP contribution in [0, 0.1) is 0 Å². The number of methoxy groups -OCH3 is 1. The van der Waals surface area contributed by atoms with Crippen LogP contribution in [0.25, 0.3) is 21.8 Å². The van der Waals surface area contributed by atoms with Gasteiger partial charge in [-0.2, -0.15) is 0 Å². The van der Waals surface area contributed by atoms with Crippen molar-refractivity contribution < 1.29 is 9.53 Å². The third-order valence-electron chi connectivity index (χ3n) is 4.39. The van der Waals surface area contributed by atoms with Gasteiger partial charge in [0.25, 0.3) is 5.91 Å². The van der Waals surface area contributed by atoms with Gasteiger partial charge >= 0.3 is 0 Å². The summed E-state index contributed by atoms with van der Waals surface area (Å²) in [6.07, 6.45) is 3.91. The first-order valence-corrected chi connectivity index (χ1v) is 8.21. The molecule has 0 saturated heterocycles. The Labute approximate surface area is 145 Å². The molecule has 2 aromatic carbocycles. The molecular formula is C20H19N3O2. The van der Waals surface area contributed by atoms with Crippen molar-refractivity contribution in [3.05, 3.63) is 66.5 Å². The maximum atomic E-state index is 12.6. The number of aromatic nitrogens is 2. The van der Waals surface area contributed by atoms with Gasteiger partial charge in [0, 0.05) is 48.3 Å². The van der Waals surface area contributed by atoms with Crippen LogP contribution in [-0.4, -0.2) is 29.2 Å². The number of benzene rings is 2. The number of ether oxygens (including phenoxy) is 1. The van der Waals surface area contributed by atoms with Crippen LogP contribution in [0.1, 0.15) is 10.4 Å². The molecule has 0 radical (unpaired) electrons. The number of aromatic amines is 1. The molecule has 0 aliphatic heterocycles. The summed E-state index contributed by atoms with van der Waals surface area (Å²) in [5, 5.41) is 5.20. The Morgan fingerprint density at radius 3 is 2.88 bits per heavy atom. The van der Waals surface area contributed by atoms with Gasteiger partial charge in [-0.15, -0.1) is 0 Å². The summed E-state index contributed by atoms with van der Waals surface area (Å²) in [6, 6.07) is 15.6. The molecule has 0 unspecified atom stereocenters. The predicted octanol–water partition coefficient (Wildman–Crippen LogP) is 4.02. The largest absolute Gasteiger partial charge is 0.383 e. The average molecular weight is 333 g/mol. The molecule has 126 valence electrons. The topological polar surface area (TPSA) is 59.0 Å². The van der Waals surface area contributed by atoms with Gasteiger partial charge in [0.05, 0.1) is 6.61 Å². The zero-order valence-corrected chi connectivity index (χ0v) is 14.0. The quantitative estimate of drug-likeness (QED) is 0.579. The molecule has 0 aliphatic rings. The Balaban J connectivity index is 1.60. The Morgan fingerprint density at radius 1 is 1.12 bits per heavy atom. The van der Waals surface area contributed by atoms with E-state index in [0.717, 1.165) is 34.0 Å². The fourth-order valence-electron chi connectivity index (χ4n) is 3.04. The van der Waals surface area contributed by atoms with Crippen LogP contribution in [0.15, 0.2) is 60.9 Å². The summed E-state index contributed by atoms with van der Waals surface area (Å²) < 4.78 is 7.24. The molecule has 2 N–H and O–H groups in total. The van der Waals surface area contributed by atoms with Crippen molar-refractivity contribution in [2.75, 3.05) is 19.0 Å². The normalized spacial score (nSPS) is 11.2. The SMILES string of the molecule is COCCn1ccc2ccc(C(=O)Nc3ccc4cc[nH]c4c3)cc21. The lowest BCUT2D eigenvalue weighted by atomic mass is 10.1. The zero-order valence-electron chi connectivity index (χ0n) is 14.0. The molecule has 0 bridgehead atoms. The van der Waals surface area contributed by atoms with Gasteiger partial charge in [-0.25, -0.2) is 0 Å². The minimum atomic E-state index is -0.118. The highest BCUT2D eigenvalue weighted by atomic mass is 16.5. The third kappa shape index (κ3) is 3.02. The summed E-state index contributed by atoms with van der Waals surface area (Å²) in [5.74, 6) is -0.118. The molecule has 5 nitrogen and oxygen atoms in total. The van der Waals surface area contributed by atoms with Crippen LogP contribution >= 0.6 is 0 Å². The van der Waals surface area contributed by atoms with Crippen molar-refractivity contribution in [1.29, 1.82) is 0 Å². The molecule has 5 heteroatoms. The average Bonchev–Trinajstić information content (AvgIpc) is 3.25. The zero-order chi connectivity index (χ0) is 17.2. The second-order valence-corrected chi connectivity index (χ2v) is 6.01. The number of hydrogen-bond donors (Lipinski definition) is 2. The molecule has 25 heavy (non-hydrogen) atoms. The van der Waals surface area contributed by atoms with E-state index in [2.05, 4.69) is 14.9 Å². The van der Waals surface area contributed by atoms with E-state index < -0.39 is 0 Å². The van der Waals surface area contributed by atoms with Gasteiger partial charge in [0.1, 0.15) is 0 Å². The summed E-state index contributed by atoms with van der Waals surface area (Å²) in [4.78, 5) is 15.8. The van der Waals surface area contributed by atoms with E-state index in [1.165, 1.54) is 0 Å². The van der Waals surface area contributed by atoms with E-state index in [1.54, 1.807) is 7.11 Å². The second kappa shape index (κ2) is 6.45. The summed E-state index contributed by atoms with van der Waals surface area (Å²) in [6.45, 7) is 1.39. The third-order valence-corrected chi connectivity index (χ3v) is 4.39. The number of carbonyl (C=O) groups excluding carboxylic acids is 1. The van der Waals surface area contributed by atoms with Crippen molar-refractivity contribution in [2.45, 2.75) is 6.54 Å². The number of rotatable bonds is 5. The number of amides is 1. The van der Waals surface area contributed by atoms with Crippen molar-refractivity contribution in [1.82, 2.24) is 9.55 Å². The molecule has 4 rings (SSSR count). The fourth-order valence-corrected chi connectivity index (χ4v) is 3.04. The van der Waals surface area contributed by atoms with E-state index in [9.17, 15) is 4.79 Å². The van der Waals surface area contributed by atoms with E-state index in [1.807, 2.05) is 60.9 Å². The van der Waals surface area contributed by atoms with Gasteiger partial charge in [-0.1, -0.05) is 12.1 Å². The van der Waals surface area contributed by atoms with E-state index in [4.69, 9.17) is 4.74 Å². The van der Waals surface area contributed by atoms with Gasteiger partial charge in [-0.05, 0) is 47.2 Å². The Morgan fingerprint density at radius 2 is 2.00 bits per heavy atom. The molecule has 0 saturated carbocycles. The van der Waals surface area contributed by atoms with Crippen molar-refractivity contribution in [3.8, 4) is 0 Å². The van der Waals surface area contributed by atoms with Crippen molar-refractivity contribution >= 4 is 33.4 Å². The molecule has 4 aromatic rings. The minimum absolute atomic E-state index is 0.118. The van der Waals surface area contributed by atoms with Crippen molar-refractivity contribution in [2.24, 2.45) is 0 Å². The minimum Gasteiger partial charge on any atom is -0.383 e. The van der Waals surface area contributed by atoms with Gasteiger partial charge < -0.3 is 19.6 Å². The number of hydrogen-bond acceptors (Lipinski definition) is 2. The molecule has 2 aromatic heterocycles. The monoisotopic (exact) mass is 333 g/mol. The number of nitrogens with zero attached hydrogens (tertiary/aromatic N) is 1. The predicted molar refractivity (Wildman–Crippen MR) is 100 cm³/mol. The van der Waals surface area contributed by atoms with E-state index in [-0.39, 0.29) is 5.91 Å². The molecule has 1 amide bonds. The fraction of sp³-hybridized carbons (Fsp3) is 0.150. The first kappa shape index (κ1) is 15.5. The molecule has 0 aliphatic carbocycles. The summed E-state index contributed by atoms with van der Waals surface area (Å²) in [7, 11) is 1.69. The lowest BCUT2D eigenvalue weighted by molar-refractivity contribution is 0.102. The smallest absolute Gasteiger partial charge is 0.255 e. The number of nitrogens with one attached hydrogen (secondary N) is 2. The molecular weight excluding hydrogens is 314 g/mol. The van der Waals surface area contributed by atoms with Crippen LogP contribution in [0.4, 0.5) is 5.69 Å². The highest BCUT2D eigenvalue weighted by Gasteiger charge is 2.10. The Bertz CT molecular complexity index is 1050. The number of H-pyrrole nitrogens is 1. The maximum Gasteiger partial charge on any atom is 0.255 e. The maximum absolute atomic E-state index is 12.6. The molecule has 0 spiro atoms. The Hall–Kier alpha value is -3.05. The lowest BCUT2D eigenvalue weighted by Crippen LogP contribution is -2.12. The van der Waals surface area contributed by atoms with E-state index >= 15 is 0 Å². The van der Waals surface area contributed by atoms with Gasteiger partial charge in [-0.3, -0.25) is 4.79 Å². The first-order chi connectivity index (χ1) is 12.2. The first-order valence-electron chi connectivity index (χ1n) is 8.21. The van der Waals surface area contributed by atoms with Crippen LogP contribution in [-0.2, 0) is 11.3 Å². The number of fused-ring (bicyclic) bond motifs is 2. The number of carbonyl (C=O) groups is 1. The van der Waals surface area contributed by atoms with Crippen LogP contribution in [0.3, 0.4) is 0 Å². The second-order valence-electron chi connectivity index (χ2n) is 6.01. The lowest BCUT2D eigenvalue weighted by Gasteiger charge is -2.08. The Kier molecular flexibility index (Phi) is 3.99. The van der Waals surface area contributed by atoms with E-state index in [0.29, 0.717) is 12.2 Å². The summed E-state index contributed by atoms with van der Waals surface area (Å²) >= 11 is 0. The number of anilines is 1. The summed E-state index contributed by atoms with van der Waals surface area (Å²) in [5.41, 5.74) is 3.44. The highest BCUT2D eigenvalue weighted by molar-refractivity contribution is 6.06. The molecule has 2 heterocycles. The van der Waals surface area contributed by atoms with Gasteiger partial charge in [0.15, 0.2) is 0 Å². The van der Waals surface area contributed by atoms with Gasteiger partial charge in [0.2, 0.25) is 0 Å². The van der Waals surface area contributed by atoms with Crippen molar-refractivity contribution in [3.63, 3.8) is 0 Å². The van der Waals surface area contributed by atoms with Crippen LogP contribution in [0.5, 0.6) is 0 Å². The molecule has 0 fully saturated rings. The van der Waals surface area contributed by atoms with Crippen LogP contribution < -0.4 is 5.32 Å². The standard InChI is InChI=1S/C20H19N3O2/c1-25-11-10-23-9-7-15-2-3-16(12-19(15)23)20(24)22-17-5-4-14-6-8-21-18(14)13-17/h2-9,12-13,21H,10-11H2,1H3,(H,22,24).